The zero-order valence-electron chi connectivity index (χ0n) is 6.78. The first-order valence-corrected chi connectivity index (χ1v) is 4.24. The SMILES string of the molecule is C=CC[N]C(Cl)c1ccccc1. The third-order valence-electron chi connectivity index (χ3n) is 1.47. The minimum Gasteiger partial charge on any atom is -0.214 e. The standard InChI is InChI=1S/C10H11ClN/c1-2-8-12-10(11)9-6-4-3-5-7-9/h2-7,10H,1,8H2. The number of nitrogens with zero attached hydrogens (tertiary/aromatic N) is 1. The van der Waals surface area contributed by atoms with E-state index in [0.29, 0.717) is 6.54 Å². The molecule has 0 fully saturated rings. The average Bonchev–Trinajstić information content (AvgIpc) is 2.15. The lowest BCUT2D eigenvalue weighted by Gasteiger charge is -2.07. The summed E-state index contributed by atoms with van der Waals surface area (Å²) in [6.45, 7) is 4.17. The summed E-state index contributed by atoms with van der Waals surface area (Å²) in [6.07, 6.45) is 1.73. The Bertz CT molecular complexity index is 233. The van der Waals surface area contributed by atoms with Crippen molar-refractivity contribution in [2.75, 3.05) is 6.54 Å². The molecule has 0 aliphatic heterocycles. The van der Waals surface area contributed by atoms with Gasteiger partial charge in [0.1, 0.15) is 5.50 Å². The van der Waals surface area contributed by atoms with Gasteiger partial charge in [0, 0.05) is 6.54 Å². The topological polar surface area (TPSA) is 14.1 Å². The lowest BCUT2D eigenvalue weighted by Crippen LogP contribution is -2.07. The average molecular weight is 181 g/mol. The van der Waals surface area contributed by atoms with Crippen molar-refractivity contribution in [1.29, 1.82) is 0 Å². The first-order chi connectivity index (χ1) is 5.84. The van der Waals surface area contributed by atoms with Gasteiger partial charge in [-0.3, -0.25) is 0 Å². The third kappa shape index (κ3) is 2.68. The molecule has 0 aliphatic rings. The van der Waals surface area contributed by atoms with Gasteiger partial charge in [0.05, 0.1) is 0 Å². The van der Waals surface area contributed by atoms with Gasteiger partial charge >= 0.3 is 0 Å². The van der Waals surface area contributed by atoms with Gasteiger partial charge in [0.2, 0.25) is 0 Å². The summed E-state index contributed by atoms with van der Waals surface area (Å²) in [4.78, 5) is 0. The monoisotopic (exact) mass is 180 g/mol. The number of hydrogen-bond acceptors (Lipinski definition) is 0. The van der Waals surface area contributed by atoms with Gasteiger partial charge in [-0.2, -0.15) is 0 Å². The molecule has 1 aromatic carbocycles. The van der Waals surface area contributed by atoms with E-state index in [-0.39, 0.29) is 5.50 Å². The largest absolute Gasteiger partial charge is 0.214 e. The van der Waals surface area contributed by atoms with Gasteiger partial charge in [-0.15, -0.1) is 6.58 Å². The lowest BCUT2D eigenvalue weighted by molar-refractivity contribution is 0.714. The Morgan fingerprint density at radius 3 is 2.67 bits per heavy atom. The summed E-state index contributed by atoms with van der Waals surface area (Å²) in [6, 6.07) is 9.79. The van der Waals surface area contributed by atoms with Crippen LogP contribution in [0.15, 0.2) is 43.0 Å². The molecule has 0 aliphatic carbocycles. The lowest BCUT2D eigenvalue weighted by atomic mass is 10.2. The summed E-state index contributed by atoms with van der Waals surface area (Å²) in [5.41, 5.74) is 0.783. The molecule has 0 saturated heterocycles. The fourth-order valence-corrected chi connectivity index (χ4v) is 1.11. The molecular weight excluding hydrogens is 170 g/mol. The molecule has 0 spiro atoms. The Hall–Kier alpha value is -0.790. The summed E-state index contributed by atoms with van der Waals surface area (Å²) >= 11 is 5.97. The van der Waals surface area contributed by atoms with Crippen LogP contribution in [0.5, 0.6) is 0 Å². The van der Waals surface area contributed by atoms with E-state index in [9.17, 15) is 0 Å². The van der Waals surface area contributed by atoms with Crippen LogP contribution in [-0.2, 0) is 0 Å². The fraction of sp³-hybridized carbons (Fsp3) is 0.200. The Labute approximate surface area is 78.1 Å². The molecule has 0 heterocycles. The van der Waals surface area contributed by atoms with Gasteiger partial charge in [-0.05, 0) is 5.56 Å². The predicted molar refractivity (Wildman–Crippen MR) is 52.2 cm³/mol. The summed E-state index contributed by atoms with van der Waals surface area (Å²) in [5, 5.41) is 4.16. The number of halogens is 1. The zero-order valence-corrected chi connectivity index (χ0v) is 7.54. The number of rotatable bonds is 4. The second kappa shape index (κ2) is 4.96. The molecule has 12 heavy (non-hydrogen) atoms. The molecule has 1 aromatic rings. The molecule has 0 saturated carbocycles. The van der Waals surface area contributed by atoms with Crippen LogP contribution in [0, 0.1) is 0 Å². The molecule has 0 bridgehead atoms. The number of benzene rings is 1. The highest BCUT2D eigenvalue weighted by molar-refractivity contribution is 6.20. The van der Waals surface area contributed by atoms with Crippen molar-refractivity contribution >= 4 is 11.6 Å². The van der Waals surface area contributed by atoms with Crippen LogP contribution in [0.3, 0.4) is 0 Å². The van der Waals surface area contributed by atoms with Crippen LogP contribution in [0.4, 0.5) is 0 Å². The quantitative estimate of drug-likeness (QED) is 0.384. The van der Waals surface area contributed by atoms with Crippen molar-refractivity contribution in [3.05, 3.63) is 48.6 Å². The molecule has 0 aromatic heterocycles. The molecule has 63 valence electrons. The van der Waals surface area contributed by atoms with E-state index in [4.69, 9.17) is 11.6 Å². The van der Waals surface area contributed by atoms with Crippen molar-refractivity contribution in [2.24, 2.45) is 0 Å². The van der Waals surface area contributed by atoms with Gasteiger partial charge in [0.15, 0.2) is 0 Å². The summed E-state index contributed by atoms with van der Waals surface area (Å²) < 4.78 is 0. The van der Waals surface area contributed by atoms with E-state index >= 15 is 0 Å². The molecule has 1 nitrogen and oxygen atoms in total. The highest BCUT2D eigenvalue weighted by atomic mass is 35.5. The molecule has 1 rings (SSSR count). The minimum absolute atomic E-state index is 0.246. The van der Waals surface area contributed by atoms with E-state index in [1.54, 1.807) is 6.08 Å². The normalized spacial score (nSPS) is 12.4. The first-order valence-electron chi connectivity index (χ1n) is 3.81. The second-order valence-electron chi connectivity index (χ2n) is 2.40. The van der Waals surface area contributed by atoms with Crippen LogP contribution in [0.1, 0.15) is 11.1 Å². The molecule has 2 heteroatoms. The summed E-state index contributed by atoms with van der Waals surface area (Å²) in [7, 11) is 0. The van der Waals surface area contributed by atoms with Crippen LogP contribution in [0.25, 0.3) is 0 Å². The Morgan fingerprint density at radius 1 is 1.42 bits per heavy atom. The molecular formula is C10H11ClN. The molecule has 1 radical (unpaired) electrons. The smallest absolute Gasteiger partial charge is 0.124 e. The van der Waals surface area contributed by atoms with Gasteiger partial charge in [-0.25, -0.2) is 5.32 Å². The van der Waals surface area contributed by atoms with Crippen molar-refractivity contribution in [2.45, 2.75) is 5.50 Å². The maximum atomic E-state index is 5.97. The van der Waals surface area contributed by atoms with E-state index in [2.05, 4.69) is 11.9 Å². The van der Waals surface area contributed by atoms with Gasteiger partial charge in [0.25, 0.3) is 0 Å². The van der Waals surface area contributed by atoms with E-state index in [0.717, 1.165) is 5.56 Å². The third-order valence-corrected chi connectivity index (χ3v) is 1.86. The molecule has 0 N–H and O–H groups in total. The number of alkyl halides is 1. The molecule has 0 amide bonds. The van der Waals surface area contributed by atoms with E-state index < -0.39 is 0 Å². The molecule has 1 unspecified atom stereocenters. The Morgan fingerprint density at radius 2 is 2.08 bits per heavy atom. The minimum atomic E-state index is -0.246. The maximum Gasteiger partial charge on any atom is 0.124 e. The molecule has 1 atom stereocenters. The van der Waals surface area contributed by atoms with Crippen LogP contribution < -0.4 is 5.32 Å². The zero-order chi connectivity index (χ0) is 8.81. The van der Waals surface area contributed by atoms with Crippen molar-refractivity contribution in [1.82, 2.24) is 5.32 Å². The van der Waals surface area contributed by atoms with Crippen LogP contribution >= 0.6 is 11.6 Å². The maximum absolute atomic E-state index is 5.97. The van der Waals surface area contributed by atoms with Gasteiger partial charge < -0.3 is 0 Å². The summed E-state index contributed by atoms with van der Waals surface area (Å²) in [5.74, 6) is 0. The highest BCUT2D eigenvalue weighted by Crippen LogP contribution is 2.17. The van der Waals surface area contributed by atoms with Crippen LogP contribution in [-0.4, -0.2) is 6.54 Å². The predicted octanol–water partition coefficient (Wildman–Crippen LogP) is 2.71. The Balaban J connectivity index is 2.53. The first kappa shape index (κ1) is 9.30. The van der Waals surface area contributed by atoms with E-state index in [1.807, 2.05) is 30.3 Å². The Kier molecular flexibility index (Phi) is 3.85. The number of hydrogen-bond donors (Lipinski definition) is 0. The van der Waals surface area contributed by atoms with Crippen LogP contribution in [0.2, 0.25) is 0 Å². The van der Waals surface area contributed by atoms with Crippen molar-refractivity contribution in [3.8, 4) is 0 Å². The highest BCUT2D eigenvalue weighted by Gasteiger charge is 2.04. The van der Waals surface area contributed by atoms with E-state index in [1.165, 1.54) is 0 Å². The van der Waals surface area contributed by atoms with Crippen molar-refractivity contribution in [3.63, 3.8) is 0 Å². The fourth-order valence-electron chi connectivity index (χ4n) is 0.884. The van der Waals surface area contributed by atoms with Crippen molar-refractivity contribution < 1.29 is 0 Å². The second-order valence-corrected chi connectivity index (χ2v) is 2.81. The van der Waals surface area contributed by atoms with Gasteiger partial charge in [-0.1, -0.05) is 48.0 Å².